The number of hydrogen-bond acceptors (Lipinski definition) is 5. The highest BCUT2D eigenvalue weighted by atomic mass is 32.2. The van der Waals surface area contributed by atoms with E-state index in [1.165, 1.54) is 21.0 Å². The molecule has 0 spiro atoms. The van der Waals surface area contributed by atoms with Gasteiger partial charge in [0.1, 0.15) is 0 Å². The summed E-state index contributed by atoms with van der Waals surface area (Å²) >= 11 is 0. The lowest BCUT2D eigenvalue weighted by atomic mass is 10.1. The molecule has 1 aliphatic heterocycles. The SMILES string of the molecule is Cc1ccc(C)n1-c1ccc(C(=O)N2CCN(S(=O)(=O)c3ccc4c(c3)oc(=O)n4C)CC2)cc1. The fourth-order valence-electron chi connectivity index (χ4n) is 4.57. The van der Waals surface area contributed by atoms with Gasteiger partial charge >= 0.3 is 5.76 Å². The van der Waals surface area contributed by atoms with Gasteiger partial charge in [-0.25, -0.2) is 13.2 Å². The zero-order valence-electron chi connectivity index (χ0n) is 19.8. The minimum atomic E-state index is -3.79. The van der Waals surface area contributed by atoms with E-state index in [2.05, 4.69) is 16.7 Å². The molecule has 0 N–H and O–H groups in total. The summed E-state index contributed by atoms with van der Waals surface area (Å²) in [6.07, 6.45) is 0. The van der Waals surface area contributed by atoms with E-state index >= 15 is 0 Å². The highest BCUT2D eigenvalue weighted by molar-refractivity contribution is 7.89. The lowest BCUT2D eigenvalue weighted by Gasteiger charge is -2.34. The smallest absolute Gasteiger partial charge is 0.408 e. The lowest BCUT2D eigenvalue weighted by Crippen LogP contribution is -2.50. The number of amides is 1. The van der Waals surface area contributed by atoms with Crippen molar-refractivity contribution in [3.8, 4) is 5.69 Å². The Kier molecular flexibility index (Phi) is 5.65. The highest BCUT2D eigenvalue weighted by Gasteiger charge is 2.31. The number of benzene rings is 2. The number of sulfonamides is 1. The first-order valence-electron chi connectivity index (χ1n) is 11.3. The maximum absolute atomic E-state index is 13.2. The fraction of sp³-hybridized carbons (Fsp3) is 0.280. The summed E-state index contributed by atoms with van der Waals surface area (Å²) in [4.78, 5) is 26.5. The first kappa shape index (κ1) is 23.1. The van der Waals surface area contributed by atoms with Gasteiger partial charge in [0.05, 0.1) is 10.4 Å². The first-order valence-corrected chi connectivity index (χ1v) is 12.8. The maximum atomic E-state index is 13.2. The van der Waals surface area contributed by atoms with Crippen molar-refractivity contribution in [1.29, 1.82) is 0 Å². The highest BCUT2D eigenvalue weighted by Crippen LogP contribution is 2.23. The average Bonchev–Trinajstić information content (AvgIpc) is 3.35. The molecule has 1 aliphatic rings. The number of hydrogen-bond donors (Lipinski definition) is 0. The Morgan fingerprint density at radius 3 is 2.14 bits per heavy atom. The van der Waals surface area contributed by atoms with Gasteiger partial charge in [-0.2, -0.15) is 4.31 Å². The van der Waals surface area contributed by atoms with Crippen LogP contribution in [0.2, 0.25) is 0 Å². The molecule has 0 atom stereocenters. The van der Waals surface area contributed by atoms with Crippen LogP contribution in [0.1, 0.15) is 21.7 Å². The van der Waals surface area contributed by atoms with E-state index in [0.29, 0.717) is 11.1 Å². The zero-order valence-corrected chi connectivity index (χ0v) is 20.6. The Morgan fingerprint density at radius 2 is 1.51 bits per heavy atom. The molecule has 0 saturated carbocycles. The van der Waals surface area contributed by atoms with Crippen LogP contribution in [0.5, 0.6) is 0 Å². The molecular formula is C25H26N4O5S. The largest absolute Gasteiger partial charge is 0.419 e. The van der Waals surface area contributed by atoms with Crippen LogP contribution < -0.4 is 5.76 Å². The molecule has 182 valence electrons. The third-order valence-corrected chi connectivity index (χ3v) is 8.47. The van der Waals surface area contributed by atoms with Crippen LogP contribution in [0.3, 0.4) is 0 Å². The number of fused-ring (bicyclic) bond motifs is 1. The standard InChI is InChI=1S/C25H26N4O5S/c1-17-4-5-18(2)29(17)20-8-6-19(7-9-20)24(30)27-12-14-28(15-13-27)35(32,33)21-10-11-22-23(16-21)34-25(31)26(22)3/h4-11,16H,12-15H2,1-3H3. The second-order valence-electron chi connectivity index (χ2n) is 8.75. The van der Waals surface area contributed by atoms with Crippen molar-refractivity contribution in [3.63, 3.8) is 0 Å². The molecule has 0 unspecified atom stereocenters. The maximum Gasteiger partial charge on any atom is 0.419 e. The van der Waals surface area contributed by atoms with Crippen molar-refractivity contribution < 1.29 is 17.6 Å². The molecule has 35 heavy (non-hydrogen) atoms. The van der Waals surface area contributed by atoms with Gasteiger partial charge < -0.3 is 13.9 Å². The van der Waals surface area contributed by atoms with Crippen molar-refractivity contribution in [1.82, 2.24) is 18.3 Å². The number of carbonyl (C=O) groups is 1. The molecule has 1 fully saturated rings. The van der Waals surface area contributed by atoms with Crippen molar-refractivity contribution in [2.24, 2.45) is 7.05 Å². The minimum Gasteiger partial charge on any atom is -0.408 e. The number of aromatic nitrogens is 2. The summed E-state index contributed by atoms with van der Waals surface area (Å²) in [7, 11) is -2.22. The molecule has 0 aliphatic carbocycles. The molecule has 10 heteroatoms. The van der Waals surface area contributed by atoms with Crippen LogP contribution in [0, 0.1) is 13.8 Å². The molecule has 2 aromatic carbocycles. The molecule has 2 aromatic heterocycles. The molecule has 1 amide bonds. The predicted octanol–water partition coefficient (Wildman–Crippen LogP) is 2.69. The van der Waals surface area contributed by atoms with E-state index in [1.54, 1.807) is 18.0 Å². The van der Waals surface area contributed by atoms with E-state index in [0.717, 1.165) is 17.1 Å². The number of carbonyl (C=O) groups excluding carboxylic acids is 1. The van der Waals surface area contributed by atoms with Crippen LogP contribution in [0.4, 0.5) is 0 Å². The third kappa shape index (κ3) is 3.98. The van der Waals surface area contributed by atoms with Crippen molar-refractivity contribution in [2.45, 2.75) is 18.7 Å². The molecule has 9 nitrogen and oxygen atoms in total. The van der Waals surface area contributed by atoms with Crippen LogP contribution >= 0.6 is 0 Å². The van der Waals surface area contributed by atoms with Crippen LogP contribution in [-0.4, -0.2) is 58.8 Å². The van der Waals surface area contributed by atoms with Gasteiger partial charge in [-0.1, -0.05) is 0 Å². The summed E-state index contributed by atoms with van der Waals surface area (Å²) in [6.45, 7) is 5.02. The van der Waals surface area contributed by atoms with Crippen molar-refractivity contribution in [2.75, 3.05) is 26.2 Å². The number of oxazole rings is 1. The van der Waals surface area contributed by atoms with Gasteiger partial charge in [-0.05, 0) is 62.4 Å². The fourth-order valence-corrected chi connectivity index (χ4v) is 6.00. The average molecular weight is 495 g/mol. The lowest BCUT2D eigenvalue weighted by molar-refractivity contribution is 0.0698. The van der Waals surface area contributed by atoms with Crippen LogP contribution in [-0.2, 0) is 17.1 Å². The van der Waals surface area contributed by atoms with Crippen LogP contribution in [0.15, 0.2) is 68.7 Å². The Labute approximate surface area is 202 Å². The number of aryl methyl sites for hydroxylation is 3. The van der Waals surface area contributed by atoms with Gasteiger partial charge in [0.15, 0.2) is 5.58 Å². The number of nitrogens with zero attached hydrogens (tertiary/aromatic N) is 4. The first-order chi connectivity index (χ1) is 16.7. The Balaban J connectivity index is 1.28. The molecule has 0 bridgehead atoms. The minimum absolute atomic E-state index is 0.0605. The van der Waals surface area contributed by atoms with Crippen molar-refractivity contribution >= 4 is 27.0 Å². The normalized spacial score (nSPS) is 15.1. The quantitative estimate of drug-likeness (QED) is 0.435. The topological polar surface area (TPSA) is 97.8 Å². The molecule has 5 rings (SSSR count). The molecular weight excluding hydrogens is 468 g/mol. The molecule has 3 heterocycles. The van der Waals surface area contributed by atoms with E-state index in [-0.39, 0.29) is 42.6 Å². The Morgan fingerprint density at radius 1 is 0.886 bits per heavy atom. The van der Waals surface area contributed by atoms with Crippen LogP contribution in [0.25, 0.3) is 16.8 Å². The molecule has 0 radical (unpaired) electrons. The van der Waals surface area contributed by atoms with Gasteiger partial charge in [0.2, 0.25) is 10.0 Å². The Bertz CT molecular complexity index is 1570. The van der Waals surface area contributed by atoms with Gasteiger partial charge in [-0.3, -0.25) is 9.36 Å². The number of rotatable bonds is 4. The monoisotopic (exact) mass is 494 g/mol. The summed E-state index contributed by atoms with van der Waals surface area (Å²) in [6, 6.07) is 16.0. The molecule has 4 aromatic rings. The second kappa shape index (κ2) is 8.54. The summed E-state index contributed by atoms with van der Waals surface area (Å²) in [5.41, 5.74) is 4.54. The van der Waals surface area contributed by atoms with E-state index in [9.17, 15) is 18.0 Å². The number of piperazine rings is 1. The summed E-state index contributed by atoms with van der Waals surface area (Å²) < 4.78 is 36.3. The zero-order chi connectivity index (χ0) is 24.9. The molecule has 1 saturated heterocycles. The van der Waals surface area contributed by atoms with Gasteiger partial charge in [0, 0.05) is 61.9 Å². The predicted molar refractivity (Wildman–Crippen MR) is 131 cm³/mol. The van der Waals surface area contributed by atoms with E-state index in [4.69, 9.17) is 4.42 Å². The van der Waals surface area contributed by atoms with Gasteiger partial charge in [-0.15, -0.1) is 0 Å². The summed E-state index contributed by atoms with van der Waals surface area (Å²) in [5.74, 6) is -0.671. The summed E-state index contributed by atoms with van der Waals surface area (Å²) in [5, 5.41) is 0. The van der Waals surface area contributed by atoms with E-state index < -0.39 is 15.8 Å². The van der Waals surface area contributed by atoms with Crippen molar-refractivity contribution in [3.05, 3.63) is 82.1 Å². The van der Waals surface area contributed by atoms with E-state index in [1.807, 2.05) is 38.1 Å². The second-order valence-corrected chi connectivity index (χ2v) is 10.7. The third-order valence-electron chi connectivity index (χ3n) is 6.57. The van der Waals surface area contributed by atoms with Gasteiger partial charge in [0.25, 0.3) is 5.91 Å². The Hall–Kier alpha value is -3.63.